The summed E-state index contributed by atoms with van der Waals surface area (Å²) < 4.78 is 4.90. The van der Waals surface area contributed by atoms with Crippen LogP contribution in [0.3, 0.4) is 0 Å². The molecule has 0 N–H and O–H groups in total. The van der Waals surface area contributed by atoms with Crippen molar-refractivity contribution in [2.75, 3.05) is 6.61 Å². The molecule has 0 saturated heterocycles. The van der Waals surface area contributed by atoms with Gasteiger partial charge in [0.15, 0.2) is 0 Å². The Kier molecular flexibility index (Phi) is 3.70. The minimum atomic E-state index is -0.144. The summed E-state index contributed by atoms with van der Waals surface area (Å²) >= 11 is 0. The van der Waals surface area contributed by atoms with Crippen molar-refractivity contribution in [2.24, 2.45) is 0 Å². The average molecular weight is 177 g/mol. The lowest BCUT2D eigenvalue weighted by Crippen LogP contribution is -1.97. The van der Waals surface area contributed by atoms with Crippen LogP contribution in [0.4, 0.5) is 0 Å². The van der Waals surface area contributed by atoms with E-state index in [2.05, 4.69) is 4.98 Å². The van der Waals surface area contributed by atoms with Crippen molar-refractivity contribution < 1.29 is 9.53 Å². The molecule has 0 aliphatic carbocycles. The van der Waals surface area contributed by atoms with E-state index in [1.165, 1.54) is 12.3 Å². The Morgan fingerprint density at radius 3 is 3.08 bits per heavy atom. The summed E-state index contributed by atoms with van der Waals surface area (Å²) in [5, 5.41) is 0. The molecule has 1 rings (SSSR count). The van der Waals surface area contributed by atoms with Crippen LogP contribution in [0.1, 0.15) is 17.4 Å². The molecule has 0 atom stereocenters. The molecule has 0 unspecified atom stereocenters. The first-order valence-corrected chi connectivity index (χ1v) is 4.08. The van der Waals surface area contributed by atoms with Crippen molar-refractivity contribution >= 4 is 5.78 Å². The van der Waals surface area contributed by atoms with Gasteiger partial charge in [-0.2, -0.15) is 0 Å². The minimum absolute atomic E-state index is 0.144. The van der Waals surface area contributed by atoms with E-state index in [0.29, 0.717) is 12.3 Å². The predicted octanol–water partition coefficient (Wildman–Crippen LogP) is 1.81. The number of nitrogens with zero attached hydrogens (tertiary/aromatic N) is 1. The molecule has 1 aromatic heterocycles. The Morgan fingerprint density at radius 2 is 2.46 bits per heavy atom. The summed E-state index contributed by atoms with van der Waals surface area (Å²) in [4.78, 5) is 15.2. The van der Waals surface area contributed by atoms with Crippen LogP contribution in [0.15, 0.2) is 36.7 Å². The molecule has 0 aromatic carbocycles. The van der Waals surface area contributed by atoms with Gasteiger partial charge in [0, 0.05) is 12.3 Å². The first kappa shape index (κ1) is 9.45. The zero-order valence-corrected chi connectivity index (χ0v) is 7.43. The first-order valence-electron chi connectivity index (χ1n) is 4.08. The van der Waals surface area contributed by atoms with Gasteiger partial charge in [0.05, 0.1) is 12.9 Å². The largest absolute Gasteiger partial charge is 0.501 e. The number of carbonyl (C=O) groups excluding carboxylic acids is 1. The molecule has 0 spiro atoms. The molecule has 68 valence electrons. The molecular weight excluding hydrogens is 166 g/mol. The van der Waals surface area contributed by atoms with E-state index in [9.17, 15) is 4.79 Å². The van der Waals surface area contributed by atoms with Crippen LogP contribution in [0.5, 0.6) is 0 Å². The topological polar surface area (TPSA) is 39.2 Å². The van der Waals surface area contributed by atoms with E-state index in [1.54, 1.807) is 24.4 Å². The summed E-state index contributed by atoms with van der Waals surface area (Å²) in [5.74, 6) is -0.144. The summed E-state index contributed by atoms with van der Waals surface area (Å²) in [5.41, 5.74) is 0.429. The van der Waals surface area contributed by atoms with Gasteiger partial charge in [-0.1, -0.05) is 6.07 Å². The molecule has 3 nitrogen and oxygen atoms in total. The smallest absolute Gasteiger partial charge is 0.207 e. The number of hydrogen-bond donors (Lipinski definition) is 0. The van der Waals surface area contributed by atoms with E-state index in [1.807, 2.05) is 6.92 Å². The summed E-state index contributed by atoms with van der Waals surface area (Å²) in [6, 6.07) is 5.20. The van der Waals surface area contributed by atoms with Crippen LogP contribution in [0.2, 0.25) is 0 Å². The second-order valence-electron chi connectivity index (χ2n) is 2.34. The Balaban J connectivity index is 2.59. The van der Waals surface area contributed by atoms with Gasteiger partial charge in [-0.3, -0.25) is 9.78 Å². The quantitative estimate of drug-likeness (QED) is 0.400. The van der Waals surface area contributed by atoms with Crippen molar-refractivity contribution in [3.05, 3.63) is 42.4 Å². The number of ketones is 1. The van der Waals surface area contributed by atoms with Crippen LogP contribution >= 0.6 is 0 Å². The fourth-order valence-electron chi connectivity index (χ4n) is 0.800. The highest BCUT2D eigenvalue weighted by Gasteiger charge is 2.00. The van der Waals surface area contributed by atoms with E-state index < -0.39 is 0 Å². The molecule has 0 aliphatic heterocycles. The fourth-order valence-corrected chi connectivity index (χ4v) is 0.800. The number of allylic oxidation sites excluding steroid dienone is 1. The second kappa shape index (κ2) is 5.09. The molecule has 0 saturated carbocycles. The number of ether oxygens (including phenoxy) is 1. The fraction of sp³-hybridized carbons (Fsp3) is 0.200. The lowest BCUT2D eigenvalue weighted by atomic mass is 10.2. The maximum absolute atomic E-state index is 11.3. The third-order valence-corrected chi connectivity index (χ3v) is 1.40. The highest BCUT2D eigenvalue weighted by molar-refractivity contribution is 6.02. The first-order chi connectivity index (χ1) is 6.34. The van der Waals surface area contributed by atoms with Crippen molar-refractivity contribution in [3.8, 4) is 0 Å². The predicted molar refractivity (Wildman–Crippen MR) is 49.3 cm³/mol. The van der Waals surface area contributed by atoms with Crippen molar-refractivity contribution in [1.82, 2.24) is 4.98 Å². The molecule has 0 fully saturated rings. The molecule has 0 amide bonds. The number of aromatic nitrogens is 1. The Labute approximate surface area is 77.1 Å². The van der Waals surface area contributed by atoms with E-state index in [4.69, 9.17) is 4.74 Å². The monoisotopic (exact) mass is 177 g/mol. The standard InChI is InChI=1S/C10H11NO2/c1-2-13-8-6-10(12)9-5-3-4-7-11-9/h3-8H,2H2,1H3. The van der Waals surface area contributed by atoms with Crippen LogP contribution in [-0.2, 0) is 4.74 Å². The zero-order valence-electron chi connectivity index (χ0n) is 7.43. The Hall–Kier alpha value is -1.64. The number of pyridine rings is 1. The van der Waals surface area contributed by atoms with Gasteiger partial charge in [-0.05, 0) is 19.1 Å². The lowest BCUT2D eigenvalue weighted by molar-refractivity contribution is 0.103. The van der Waals surface area contributed by atoms with Crippen LogP contribution in [0, 0.1) is 0 Å². The highest BCUT2D eigenvalue weighted by Crippen LogP contribution is 1.96. The van der Waals surface area contributed by atoms with Gasteiger partial charge >= 0.3 is 0 Å². The van der Waals surface area contributed by atoms with E-state index in [0.717, 1.165) is 0 Å². The number of hydrogen-bond acceptors (Lipinski definition) is 3. The third kappa shape index (κ3) is 3.07. The second-order valence-corrected chi connectivity index (χ2v) is 2.34. The van der Waals surface area contributed by atoms with Crippen molar-refractivity contribution in [2.45, 2.75) is 6.92 Å². The summed E-state index contributed by atoms with van der Waals surface area (Å²) in [6.07, 6.45) is 4.34. The van der Waals surface area contributed by atoms with Crippen molar-refractivity contribution in [1.29, 1.82) is 0 Å². The lowest BCUT2D eigenvalue weighted by Gasteiger charge is -1.93. The van der Waals surface area contributed by atoms with Crippen LogP contribution < -0.4 is 0 Å². The summed E-state index contributed by atoms with van der Waals surface area (Å²) in [7, 11) is 0. The maximum Gasteiger partial charge on any atom is 0.207 e. The SMILES string of the molecule is CCOC=CC(=O)c1ccccn1. The third-order valence-electron chi connectivity index (χ3n) is 1.40. The molecule has 3 heteroatoms. The zero-order chi connectivity index (χ0) is 9.52. The molecule has 0 radical (unpaired) electrons. The van der Waals surface area contributed by atoms with E-state index >= 15 is 0 Å². The molecule has 1 heterocycles. The summed E-state index contributed by atoms with van der Waals surface area (Å²) in [6.45, 7) is 2.42. The molecule has 1 aromatic rings. The average Bonchev–Trinajstić information content (AvgIpc) is 2.19. The molecule has 0 bridgehead atoms. The van der Waals surface area contributed by atoms with Gasteiger partial charge in [0.1, 0.15) is 5.69 Å². The van der Waals surface area contributed by atoms with Gasteiger partial charge in [-0.25, -0.2) is 0 Å². The molecule has 13 heavy (non-hydrogen) atoms. The molecule has 0 aliphatic rings. The van der Waals surface area contributed by atoms with Crippen LogP contribution in [-0.4, -0.2) is 17.4 Å². The van der Waals surface area contributed by atoms with Gasteiger partial charge < -0.3 is 4.74 Å². The van der Waals surface area contributed by atoms with Crippen LogP contribution in [0.25, 0.3) is 0 Å². The minimum Gasteiger partial charge on any atom is -0.501 e. The number of carbonyl (C=O) groups is 1. The van der Waals surface area contributed by atoms with Crippen molar-refractivity contribution in [3.63, 3.8) is 0 Å². The van der Waals surface area contributed by atoms with Gasteiger partial charge in [0.25, 0.3) is 0 Å². The van der Waals surface area contributed by atoms with Gasteiger partial charge in [0.2, 0.25) is 5.78 Å². The van der Waals surface area contributed by atoms with E-state index in [-0.39, 0.29) is 5.78 Å². The molecular formula is C10H11NO2. The highest BCUT2D eigenvalue weighted by atomic mass is 16.5. The Bertz CT molecular complexity index is 293. The normalized spacial score (nSPS) is 10.2. The number of rotatable bonds is 4. The maximum atomic E-state index is 11.3. The van der Waals surface area contributed by atoms with Gasteiger partial charge in [-0.15, -0.1) is 0 Å². The Morgan fingerprint density at radius 1 is 1.62 bits per heavy atom.